The predicted octanol–water partition coefficient (Wildman–Crippen LogP) is 3.89. The molecule has 0 aliphatic rings. The molecule has 1 heterocycles. The number of pyridine rings is 1. The van der Waals surface area contributed by atoms with Crippen LogP contribution in [0.5, 0.6) is 0 Å². The molecule has 1 aromatic carbocycles. The molecule has 0 N–H and O–H groups in total. The summed E-state index contributed by atoms with van der Waals surface area (Å²) >= 11 is 0. The maximum Gasteiger partial charge on any atom is 0.0419 e. The molecule has 0 aliphatic carbocycles. The molecule has 2 heteroatoms. The van der Waals surface area contributed by atoms with Crippen molar-refractivity contribution in [1.82, 2.24) is 9.88 Å². The Morgan fingerprint density at radius 2 is 1.62 bits per heavy atom. The molecule has 21 heavy (non-hydrogen) atoms. The highest BCUT2D eigenvalue weighted by atomic mass is 15.1. The topological polar surface area (TPSA) is 16.1 Å². The first kappa shape index (κ1) is 15.7. The molecular weight excluding hydrogens is 256 g/mol. The third kappa shape index (κ3) is 5.68. The lowest BCUT2D eigenvalue weighted by Gasteiger charge is -2.21. The number of rotatable bonds is 8. The zero-order valence-electron chi connectivity index (χ0n) is 13.3. The summed E-state index contributed by atoms with van der Waals surface area (Å²) in [6.45, 7) is 7.70. The van der Waals surface area contributed by atoms with Crippen molar-refractivity contribution in [3.63, 3.8) is 0 Å². The molecule has 2 aromatic rings. The number of nitrogens with zero attached hydrogens (tertiary/aromatic N) is 2. The van der Waals surface area contributed by atoms with E-state index in [1.54, 1.807) is 0 Å². The van der Waals surface area contributed by atoms with Crippen molar-refractivity contribution in [3.05, 3.63) is 65.5 Å². The van der Waals surface area contributed by atoms with Crippen LogP contribution in [0.3, 0.4) is 0 Å². The Morgan fingerprint density at radius 3 is 2.33 bits per heavy atom. The molecule has 0 radical (unpaired) electrons. The van der Waals surface area contributed by atoms with Crippen molar-refractivity contribution in [2.24, 2.45) is 0 Å². The fourth-order valence-electron chi connectivity index (χ4n) is 2.59. The lowest BCUT2D eigenvalue weighted by molar-refractivity contribution is 0.280. The van der Waals surface area contributed by atoms with Crippen molar-refractivity contribution >= 4 is 0 Å². The summed E-state index contributed by atoms with van der Waals surface area (Å²) < 4.78 is 0. The second kappa shape index (κ2) is 8.58. The van der Waals surface area contributed by atoms with Gasteiger partial charge in [0.2, 0.25) is 0 Å². The molecule has 112 valence electrons. The second-order valence-electron chi connectivity index (χ2n) is 5.60. The third-order valence-electron chi connectivity index (χ3n) is 3.73. The number of aromatic nitrogens is 1. The zero-order valence-corrected chi connectivity index (χ0v) is 13.3. The molecular formula is C19H26N2. The third-order valence-corrected chi connectivity index (χ3v) is 3.73. The van der Waals surface area contributed by atoms with Gasteiger partial charge in [-0.2, -0.15) is 0 Å². The number of aryl methyl sites for hydroxylation is 1. The minimum atomic E-state index is 1.04. The van der Waals surface area contributed by atoms with Gasteiger partial charge in [-0.25, -0.2) is 0 Å². The van der Waals surface area contributed by atoms with Gasteiger partial charge >= 0.3 is 0 Å². The summed E-state index contributed by atoms with van der Waals surface area (Å²) in [5.41, 5.74) is 3.74. The van der Waals surface area contributed by atoms with Crippen LogP contribution in [0.25, 0.3) is 0 Å². The Hall–Kier alpha value is -1.67. The molecule has 2 rings (SSSR count). The normalized spacial score (nSPS) is 11.0. The van der Waals surface area contributed by atoms with Crippen molar-refractivity contribution < 1.29 is 0 Å². The predicted molar refractivity (Wildman–Crippen MR) is 89.6 cm³/mol. The van der Waals surface area contributed by atoms with Gasteiger partial charge < -0.3 is 4.90 Å². The number of hydrogen-bond acceptors (Lipinski definition) is 2. The molecule has 0 atom stereocenters. The summed E-state index contributed by atoms with van der Waals surface area (Å²) in [5.74, 6) is 0. The van der Waals surface area contributed by atoms with Gasteiger partial charge in [-0.3, -0.25) is 4.98 Å². The standard InChI is InChI=1S/C19H26N2/c1-3-14-21(15-12-18-9-5-4-6-10-18)16-13-19-11-7-8-17(2)20-19/h4-11H,3,12-16H2,1-2H3. The summed E-state index contributed by atoms with van der Waals surface area (Å²) in [5, 5.41) is 0. The molecule has 0 spiro atoms. The monoisotopic (exact) mass is 282 g/mol. The number of benzene rings is 1. The lowest BCUT2D eigenvalue weighted by atomic mass is 10.1. The highest BCUT2D eigenvalue weighted by molar-refractivity contribution is 5.15. The fraction of sp³-hybridized carbons (Fsp3) is 0.421. The van der Waals surface area contributed by atoms with Crippen LogP contribution >= 0.6 is 0 Å². The molecule has 0 bridgehead atoms. The van der Waals surface area contributed by atoms with Crippen LogP contribution < -0.4 is 0 Å². The SMILES string of the molecule is CCCN(CCc1ccccc1)CCc1cccc(C)n1. The Morgan fingerprint density at radius 1 is 0.857 bits per heavy atom. The fourth-order valence-corrected chi connectivity index (χ4v) is 2.59. The van der Waals surface area contributed by atoms with Crippen molar-refractivity contribution in [1.29, 1.82) is 0 Å². The van der Waals surface area contributed by atoms with E-state index in [1.165, 1.54) is 24.2 Å². The summed E-state index contributed by atoms with van der Waals surface area (Å²) in [4.78, 5) is 7.15. The number of hydrogen-bond donors (Lipinski definition) is 0. The van der Waals surface area contributed by atoms with E-state index >= 15 is 0 Å². The molecule has 0 aliphatic heterocycles. The van der Waals surface area contributed by atoms with Crippen LogP contribution in [0.4, 0.5) is 0 Å². The first-order chi connectivity index (χ1) is 10.3. The maximum absolute atomic E-state index is 4.60. The zero-order chi connectivity index (χ0) is 14.9. The minimum absolute atomic E-state index is 1.04. The average Bonchev–Trinajstić information content (AvgIpc) is 2.51. The van der Waals surface area contributed by atoms with E-state index in [2.05, 4.69) is 72.3 Å². The van der Waals surface area contributed by atoms with Gasteiger partial charge in [-0.05, 0) is 44.0 Å². The van der Waals surface area contributed by atoms with Crippen molar-refractivity contribution in [2.45, 2.75) is 33.1 Å². The van der Waals surface area contributed by atoms with E-state index in [4.69, 9.17) is 0 Å². The van der Waals surface area contributed by atoms with Gasteiger partial charge in [-0.1, -0.05) is 43.3 Å². The molecule has 0 unspecified atom stereocenters. The Labute approximate surface area is 128 Å². The second-order valence-corrected chi connectivity index (χ2v) is 5.60. The van der Waals surface area contributed by atoms with E-state index in [-0.39, 0.29) is 0 Å². The van der Waals surface area contributed by atoms with E-state index in [1.807, 2.05) is 0 Å². The van der Waals surface area contributed by atoms with Crippen LogP contribution in [0, 0.1) is 6.92 Å². The first-order valence-electron chi connectivity index (χ1n) is 7.96. The maximum atomic E-state index is 4.60. The van der Waals surface area contributed by atoms with Gasteiger partial charge in [0.25, 0.3) is 0 Å². The van der Waals surface area contributed by atoms with Crippen LogP contribution in [0.1, 0.15) is 30.3 Å². The van der Waals surface area contributed by atoms with Crippen molar-refractivity contribution in [3.8, 4) is 0 Å². The van der Waals surface area contributed by atoms with E-state index < -0.39 is 0 Å². The van der Waals surface area contributed by atoms with Crippen molar-refractivity contribution in [2.75, 3.05) is 19.6 Å². The summed E-state index contributed by atoms with van der Waals surface area (Å²) in [7, 11) is 0. The van der Waals surface area contributed by atoms with Crippen LogP contribution in [-0.2, 0) is 12.8 Å². The summed E-state index contributed by atoms with van der Waals surface area (Å²) in [6, 6.07) is 17.0. The van der Waals surface area contributed by atoms with Crippen LogP contribution in [-0.4, -0.2) is 29.5 Å². The molecule has 1 aromatic heterocycles. The highest BCUT2D eigenvalue weighted by Gasteiger charge is 2.05. The van der Waals surface area contributed by atoms with Gasteiger partial charge in [0.05, 0.1) is 0 Å². The van der Waals surface area contributed by atoms with E-state index in [0.29, 0.717) is 0 Å². The highest BCUT2D eigenvalue weighted by Crippen LogP contribution is 2.05. The molecule has 2 nitrogen and oxygen atoms in total. The Bertz CT molecular complexity index is 522. The molecule has 0 amide bonds. The van der Waals surface area contributed by atoms with Gasteiger partial charge in [0, 0.05) is 30.9 Å². The largest absolute Gasteiger partial charge is 0.303 e. The lowest BCUT2D eigenvalue weighted by Crippen LogP contribution is -2.29. The molecule has 0 saturated carbocycles. The van der Waals surface area contributed by atoms with E-state index in [9.17, 15) is 0 Å². The first-order valence-corrected chi connectivity index (χ1v) is 7.96. The Kier molecular flexibility index (Phi) is 6.42. The minimum Gasteiger partial charge on any atom is -0.303 e. The average molecular weight is 282 g/mol. The smallest absolute Gasteiger partial charge is 0.0419 e. The van der Waals surface area contributed by atoms with E-state index in [0.717, 1.165) is 31.6 Å². The summed E-state index contributed by atoms with van der Waals surface area (Å²) in [6.07, 6.45) is 3.37. The molecule has 0 fully saturated rings. The van der Waals surface area contributed by atoms with Crippen LogP contribution in [0.15, 0.2) is 48.5 Å². The quantitative estimate of drug-likeness (QED) is 0.730. The van der Waals surface area contributed by atoms with Gasteiger partial charge in [0.1, 0.15) is 0 Å². The van der Waals surface area contributed by atoms with Crippen LogP contribution in [0.2, 0.25) is 0 Å². The molecule has 0 saturated heterocycles. The van der Waals surface area contributed by atoms with Gasteiger partial charge in [-0.15, -0.1) is 0 Å². The van der Waals surface area contributed by atoms with Gasteiger partial charge in [0.15, 0.2) is 0 Å². The Balaban J connectivity index is 1.84.